The van der Waals surface area contributed by atoms with Crippen molar-refractivity contribution in [1.82, 2.24) is 4.98 Å². The second kappa shape index (κ2) is 4.00. The number of benzene rings is 1. The highest BCUT2D eigenvalue weighted by molar-refractivity contribution is 6.34. The topological polar surface area (TPSA) is 46.3 Å². The largest absolute Gasteiger partial charge is 0.441 e. The van der Waals surface area contributed by atoms with Gasteiger partial charge in [0, 0.05) is 6.92 Å². The van der Waals surface area contributed by atoms with Crippen LogP contribution in [0.15, 0.2) is 16.5 Å². The molecule has 0 fully saturated rings. The zero-order valence-electron chi connectivity index (χ0n) is 8.00. The van der Waals surface area contributed by atoms with E-state index in [1.54, 1.807) is 19.1 Å². The van der Waals surface area contributed by atoms with Gasteiger partial charge < -0.3 is 9.52 Å². The minimum atomic E-state index is -0.737. The Morgan fingerprint density at radius 3 is 2.93 bits per heavy atom. The first-order valence-electron chi connectivity index (χ1n) is 4.42. The van der Waals surface area contributed by atoms with Gasteiger partial charge in [-0.1, -0.05) is 11.6 Å². The lowest BCUT2D eigenvalue weighted by molar-refractivity contribution is 0.202. The first-order chi connectivity index (χ1) is 7.11. The molecule has 0 aliphatic rings. The van der Waals surface area contributed by atoms with Crippen LogP contribution in [0.5, 0.6) is 0 Å². The molecule has 0 spiro atoms. The van der Waals surface area contributed by atoms with Gasteiger partial charge in [0.2, 0.25) is 0 Å². The van der Waals surface area contributed by atoms with Crippen molar-refractivity contribution in [3.63, 3.8) is 0 Å². The zero-order chi connectivity index (χ0) is 11.0. The summed E-state index contributed by atoms with van der Waals surface area (Å²) in [6.07, 6.45) is -0.737. The molecular formula is C10H9Cl2NO2. The number of aliphatic hydroxyl groups excluding tert-OH is 1. The summed E-state index contributed by atoms with van der Waals surface area (Å²) in [6, 6.07) is 3.35. The van der Waals surface area contributed by atoms with Crippen LogP contribution in [-0.2, 0) is 0 Å². The Kier molecular flexibility index (Phi) is 2.87. The van der Waals surface area contributed by atoms with Crippen molar-refractivity contribution in [2.45, 2.75) is 13.0 Å². The van der Waals surface area contributed by atoms with E-state index in [9.17, 15) is 5.11 Å². The van der Waals surface area contributed by atoms with Crippen LogP contribution in [0, 0.1) is 6.92 Å². The van der Waals surface area contributed by atoms with E-state index in [4.69, 9.17) is 27.6 Å². The van der Waals surface area contributed by atoms with Gasteiger partial charge in [-0.2, -0.15) is 0 Å². The van der Waals surface area contributed by atoms with Crippen LogP contribution >= 0.6 is 23.2 Å². The van der Waals surface area contributed by atoms with E-state index in [2.05, 4.69) is 4.98 Å². The molecule has 2 rings (SSSR count). The van der Waals surface area contributed by atoms with E-state index < -0.39 is 6.10 Å². The van der Waals surface area contributed by atoms with Crippen LogP contribution in [0.3, 0.4) is 0 Å². The lowest BCUT2D eigenvalue weighted by Gasteiger charge is -2.06. The van der Waals surface area contributed by atoms with Crippen molar-refractivity contribution < 1.29 is 9.52 Å². The predicted octanol–water partition coefficient (Wildman–Crippen LogP) is 3.06. The minimum Gasteiger partial charge on any atom is -0.441 e. The normalized spacial score (nSPS) is 13.3. The number of rotatable bonds is 2. The second-order valence-electron chi connectivity index (χ2n) is 3.25. The molecule has 0 aliphatic heterocycles. The molecule has 0 bridgehead atoms. The van der Waals surface area contributed by atoms with Crippen LogP contribution in [0.2, 0.25) is 5.02 Å². The second-order valence-corrected chi connectivity index (χ2v) is 3.97. The Morgan fingerprint density at radius 1 is 1.53 bits per heavy atom. The van der Waals surface area contributed by atoms with Gasteiger partial charge in [0.25, 0.3) is 0 Å². The molecule has 1 heterocycles. The van der Waals surface area contributed by atoms with Crippen molar-refractivity contribution in [3.05, 3.63) is 28.6 Å². The Labute approximate surface area is 96.6 Å². The van der Waals surface area contributed by atoms with Crippen LogP contribution in [-0.4, -0.2) is 16.0 Å². The van der Waals surface area contributed by atoms with Gasteiger partial charge in [0.1, 0.15) is 5.52 Å². The number of aliphatic hydroxyl groups is 1. The van der Waals surface area contributed by atoms with E-state index >= 15 is 0 Å². The molecule has 0 unspecified atom stereocenters. The minimum absolute atomic E-state index is 0.120. The van der Waals surface area contributed by atoms with Crippen molar-refractivity contribution in [3.8, 4) is 0 Å². The zero-order valence-corrected chi connectivity index (χ0v) is 9.51. The number of fused-ring (bicyclic) bond motifs is 1. The average Bonchev–Trinajstić information content (AvgIpc) is 2.58. The molecule has 1 aromatic carbocycles. The molecular weight excluding hydrogens is 237 g/mol. The SMILES string of the molecule is Cc1nc2c(Cl)cc([C@H](O)CCl)cc2o1. The molecule has 5 heteroatoms. The van der Waals surface area contributed by atoms with Crippen LogP contribution in [0.1, 0.15) is 17.6 Å². The van der Waals surface area contributed by atoms with Gasteiger partial charge in [0.05, 0.1) is 17.0 Å². The molecule has 1 N–H and O–H groups in total. The fourth-order valence-corrected chi connectivity index (χ4v) is 1.84. The quantitative estimate of drug-likeness (QED) is 0.828. The molecule has 1 aromatic heterocycles. The lowest BCUT2D eigenvalue weighted by Crippen LogP contribution is -1.98. The third-order valence-electron chi connectivity index (χ3n) is 2.11. The maximum atomic E-state index is 9.57. The Morgan fingerprint density at radius 2 is 2.27 bits per heavy atom. The van der Waals surface area contributed by atoms with Crippen molar-refractivity contribution in [1.29, 1.82) is 0 Å². The van der Waals surface area contributed by atoms with Crippen LogP contribution < -0.4 is 0 Å². The van der Waals surface area contributed by atoms with Gasteiger partial charge in [-0.05, 0) is 17.7 Å². The summed E-state index contributed by atoms with van der Waals surface area (Å²) in [7, 11) is 0. The number of hydrogen-bond acceptors (Lipinski definition) is 3. The van der Waals surface area contributed by atoms with E-state index in [1.165, 1.54) is 0 Å². The number of oxazole rings is 1. The van der Waals surface area contributed by atoms with E-state index in [0.717, 1.165) is 0 Å². The summed E-state index contributed by atoms with van der Waals surface area (Å²) in [4.78, 5) is 4.13. The molecule has 0 radical (unpaired) electrons. The summed E-state index contributed by atoms with van der Waals surface area (Å²) in [5.74, 6) is 0.666. The summed E-state index contributed by atoms with van der Waals surface area (Å²) in [5.41, 5.74) is 1.82. The van der Waals surface area contributed by atoms with Gasteiger partial charge in [-0.15, -0.1) is 11.6 Å². The van der Waals surface area contributed by atoms with Gasteiger partial charge in [-0.3, -0.25) is 0 Å². The molecule has 0 aliphatic carbocycles. The molecule has 0 saturated heterocycles. The highest BCUT2D eigenvalue weighted by Gasteiger charge is 2.13. The summed E-state index contributed by atoms with van der Waals surface area (Å²) in [5, 5.41) is 10.0. The summed E-state index contributed by atoms with van der Waals surface area (Å²) < 4.78 is 5.33. The van der Waals surface area contributed by atoms with Gasteiger partial charge in [0.15, 0.2) is 11.5 Å². The Balaban J connectivity index is 2.61. The molecule has 3 nitrogen and oxygen atoms in total. The summed E-state index contributed by atoms with van der Waals surface area (Å²) in [6.45, 7) is 1.74. The van der Waals surface area contributed by atoms with Crippen molar-refractivity contribution in [2.24, 2.45) is 0 Å². The maximum Gasteiger partial charge on any atom is 0.192 e. The van der Waals surface area contributed by atoms with Crippen LogP contribution in [0.4, 0.5) is 0 Å². The van der Waals surface area contributed by atoms with E-state index in [0.29, 0.717) is 27.6 Å². The van der Waals surface area contributed by atoms with E-state index in [1.807, 2.05) is 0 Å². The van der Waals surface area contributed by atoms with Crippen molar-refractivity contribution >= 4 is 34.3 Å². The number of hydrogen-bond donors (Lipinski definition) is 1. The number of nitrogens with zero attached hydrogens (tertiary/aromatic N) is 1. The Hall–Kier alpha value is -0.770. The molecule has 15 heavy (non-hydrogen) atoms. The molecule has 0 amide bonds. The molecule has 80 valence electrons. The van der Waals surface area contributed by atoms with Crippen molar-refractivity contribution in [2.75, 3.05) is 5.88 Å². The number of alkyl halides is 1. The predicted molar refractivity (Wildman–Crippen MR) is 59.4 cm³/mol. The maximum absolute atomic E-state index is 9.57. The monoisotopic (exact) mass is 245 g/mol. The van der Waals surface area contributed by atoms with Gasteiger partial charge in [-0.25, -0.2) is 4.98 Å². The fourth-order valence-electron chi connectivity index (χ4n) is 1.40. The smallest absolute Gasteiger partial charge is 0.192 e. The summed E-state index contributed by atoms with van der Waals surface area (Å²) >= 11 is 11.6. The first-order valence-corrected chi connectivity index (χ1v) is 5.33. The molecule has 0 saturated carbocycles. The molecule has 2 aromatic rings. The standard InChI is InChI=1S/C10H9Cl2NO2/c1-5-13-10-7(12)2-6(8(14)4-11)3-9(10)15-5/h2-3,8,14H,4H2,1H3/t8-/m1/s1. The van der Waals surface area contributed by atoms with Crippen LogP contribution in [0.25, 0.3) is 11.1 Å². The third kappa shape index (κ3) is 1.95. The highest BCUT2D eigenvalue weighted by atomic mass is 35.5. The van der Waals surface area contributed by atoms with Gasteiger partial charge >= 0.3 is 0 Å². The number of halogens is 2. The number of aryl methyl sites for hydroxylation is 1. The lowest BCUT2D eigenvalue weighted by atomic mass is 10.1. The molecule has 1 atom stereocenters. The fraction of sp³-hybridized carbons (Fsp3) is 0.300. The number of aromatic nitrogens is 1. The third-order valence-corrected chi connectivity index (χ3v) is 2.69. The average molecular weight is 246 g/mol. The highest BCUT2D eigenvalue weighted by Crippen LogP contribution is 2.28. The Bertz CT molecular complexity index is 495. The van der Waals surface area contributed by atoms with E-state index in [-0.39, 0.29) is 5.88 Å². The first kappa shape index (κ1) is 10.7.